The van der Waals surface area contributed by atoms with Crippen LogP contribution >= 0.6 is 11.8 Å². The number of aliphatic hydroxyl groups excluding tert-OH is 1. The van der Waals surface area contributed by atoms with Crippen molar-refractivity contribution in [3.05, 3.63) is 61.2 Å². The maximum atomic E-state index is 14.3. The lowest BCUT2D eigenvalue weighted by Gasteiger charge is -2.37. The maximum Gasteiger partial charge on any atom is 0.310 e. The predicted molar refractivity (Wildman–Crippen MR) is 145 cm³/mol. The zero-order valence-electron chi connectivity index (χ0n) is 21.4. The summed E-state index contributed by atoms with van der Waals surface area (Å²) in [5.41, 5.74) is 1.01. The number of unbranched alkanes of at least 4 members (excludes halogenated alkanes) is 2. The second kappa shape index (κ2) is 12.3. The maximum absolute atomic E-state index is 14.3. The van der Waals surface area contributed by atoms with E-state index in [-0.39, 0.29) is 36.2 Å². The van der Waals surface area contributed by atoms with E-state index in [4.69, 9.17) is 4.74 Å². The molecule has 5 atom stereocenters. The van der Waals surface area contributed by atoms with Gasteiger partial charge in [0.05, 0.1) is 23.2 Å². The molecule has 2 unspecified atom stereocenters. The number of ether oxygens (including phenoxy) is 1. The van der Waals surface area contributed by atoms with Gasteiger partial charge in [0.2, 0.25) is 11.8 Å². The van der Waals surface area contributed by atoms with E-state index in [1.165, 1.54) is 0 Å². The number of carbonyl (C=O) groups excluding carboxylic acids is 3. The molecule has 3 aliphatic rings. The van der Waals surface area contributed by atoms with Crippen molar-refractivity contribution in [2.45, 2.75) is 61.1 Å². The summed E-state index contributed by atoms with van der Waals surface area (Å²) in [6.07, 6.45) is 7.62. The van der Waals surface area contributed by atoms with Crippen molar-refractivity contribution in [3.63, 3.8) is 0 Å². The van der Waals surface area contributed by atoms with Crippen LogP contribution in [0.4, 0.5) is 0 Å². The van der Waals surface area contributed by atoms with E-state index < -0.39 is 22.6 Å². The first kappa shape index (κ1) is 27.5. The Bertz CT molecular complexity index is 1000. The number of esters is 1. The van der Waals surface area contributed by atoms with E-state index in [0.29, 0.717) is 38.9 Å². The minimum atomic E-state index is -0.635. The summed E-state index contributed by atoms with van der Waals surface area (Å²) < 4.78 is 4.92. The number of aliphatic hydroxyl groups is 1. The molecule has 7 nitrogen and oxygen atoms in total. The minimum absolute atomic E-state index is 0.0148. The highest BCUT2D eigenvalue weighted by Crippen LogP contribution is 2.66. The first-order chi connectivity index (χ1) is 18.0. The molecule has 3 fully saturated rings. The quantitative estimate of drug-likeness (QED) is 0.227. The molecule has 200 valence electrons. The Hall–Kier alpha value is -2.58. The second-order valence-electron chi connectivity index (χ2n) is 10.1. The fourth-order valence-corrected chi connectivity index (χ4v) is 8.42. The number of carbonyl (C=O) groups is 3. The lowest BCUT2D eigenvalue weighted by Crippen LogP contribution is -2.54. The Labute approximate surface area is 223 Å². The summed E-state index contributed by atoms with van der Waals surface area (Å²) >= 11 is 1.66. The molecule has 0 radical (unpaired) electrons. The van der Waals surface area contributed by atoms with Gasteiger partial charge in [-0.3, -0.25) is 14.4 Å². The van der Waals surface area contributed by atoms with E-state index in [1.54, 1.807) is 33.7 Å². The van der Waals surface area contributed by atoms with Crippen LogP contribution in [0.5, 0.6) is 0 Å². The van der Waals surface area contributed by atoms with Gasteiger partial charge in [-0.05, 0) is 44.1 Å². The first-order valence-corrected chi connectivity index (χ1v) is 14.2. The van der Waals surface area contributed by atoms with Gasteiger partial charge in [0.1, 0.15) is 6.04 Å². The van der Waals surface area contributed by atoms with Crippen LogP contribution in [-0.4, -0.2) is 75.0 Å². The van der Waals surface area contributed by atoms with Crippen molar-refractivity contribution in [1.82, 2.24) is 9.80 Å². The Morgan fingerprint density at radius 1 is 1.19 bits per heavy atom. The third kappa shape index (κ3) is 5.36. The standard InChI is InChI=1S/C29H38N2O5S/c1-3-5-19-36-28(35)23-22-14-15-29(37-22)24(23)26(33)31(17-10-7-11-18-32)25(29)27(34)30(16-4-2)20-21-12-8-6-9-13-21/h3-4,6,8-9,12-13,22-25,32H,1-2,5,7,10-11,14-20H2/t22-,23+,24+,25?,29?/m1/s1. The van der Waals surface area contributed by atoms with Crippen LogP contribution in [0.25, 0.3) is 0 Å². The van der Waals surface area contributed by atoms with Gasteiger partial charge in [0.15, 0.2) is 0 Å². The molecule has 1 aromatic carbocycles. The molecule has 0 aromatic heterocycles. The molecule has 3 aliphatic heterocycles. The molecule has 3 heterocycles. The highest BCUT2D eigenvalue weighted by molar-refractivity contribution is 8.02. The summed E-state index contributed by atoms with van der Waals surface area (Å²) in [5, 5.41) is 9.20. The normalized spacial score (nSPS) is 27.7. The van der Waals surface area contributed by atoms with Crippen LogP contribution in [0.2, 0.25) is 0 Å². The highest BCUT2D eigenvalue weighted by atomic mass is 32.2. The molecule has 1 aromatic rings. The van der Waals surface area contributed by atoms with Crippen LogP contribution in [-0.2, 0) is 25.7 Å². The van der Waals surface area contributed by atoms with Crippen LogP contribution in [0.3, 0.4) is 0 Å². The predicted octanol–water partition coefficient (Wildman–Crippen LogP) is 3.57. The molecule has 2 bridgehead atoms. The van der Waals surface area contributed by atoms with E-state index in [2.05, 4.69) is 13.2 Å². The van der Waals surface area contributed by atoms with Crippen LogP contribution in [0.15, 0.2) is 55.6 Å². The summed E-state index contributed by atoms with van der Waals surface area (Å²) in [6, 6.07) is 9.18. The lowest BCUT2D eigenvalue weighted by molar-refractivity contribution is -0.154. The van der Waals surface area contributed by atoms with E-state index in [1.807, 2.05) is 30.3 Å². The average Bonchev–Trinajstić information content (AvgIpc) is 3.54. The van der Waals surface area contributed by atoms with Crippen LogP contribution in [0, 0.1) is 11.8 Å². The molecular weight excluding hydrogens is 488 g/mol. The molecule has 2 amide bonds. The summed E-state index contributed by atoms with van der Waals surface area (Å²) in [6.45, 7) is 9.13. The second-order valence-corrected chi connectivity index (χ2v) is 11.7. The topological polar surface area (TPSA) is 87.1 Å². The number of thioether (sulfide) groups is 1. The Balaban J connectivity index is 1.64. The van der Waals surface area contributed by atoms with Crippen LogP contribution < -0.4 is 0 Å². The number of rotatable bonds is 14. The van der Waals surface area contributed by atoms with E-state index in [9.17, 15) is 19.5 Å². The molecule has 37 heavy (non-hydrogen) atoms. The van der Waals surface area contributed by atoms with Crippen molar-refractivity contribution in [2.75, 3.05) is 26.3 Å². The van der Waals surface area contributed by atoms with Crippen molar-refractivity contribution >= 4 is 29.5 Å². The van der Waals surface area contributed by atoms with Gasteiger partial charge < -0.3 is 19.6 Å². The Morgan fingerprint density at radius 3 is 2.68 bits per heavy atom. The van der Waals surface area contributed by atoms with Crippen molar-refractivity contribution in [3.8, 4) is 0 Å². The summed E-state index contributed by atoms with van der Waals surface area (Å²) in [5.74, 6) is -1.62. The average molecular weight is 527 g/mol. The number of fused-ring (bicyclic) bond motifs is 1. The van der Waals surface area contributed by atoms with Crippen LogP contribution in [0.1, 0.15) is 44.1 Å². The van der Waals surface area contributed by atoms with Gasteiger partial charge >= 0.3 is 5.97 Å². The van der Waals surface area contributed by atoms with Crippen molar-refractivity contribution in [1.29, 1.82) is 0 Å². The highest BCUT2D eigenvalue weighted by Gasteiger charge is 2.74. The molecule has 4 rings (SSSR count). The fraction of sp³-hybridized carbons (Fsp3) is 0.552. The van der Waals surface area contributed by atoms with E-state index >= 15 is 0 Å². The third-order valence-electron chi connectivity index (χ3n) is 7.81. The lowest BCUT2D eigenvalue weighted by atomic mass is 9.71. The molecular formula is C29H38N2O5S. The fourth-order valence-electron chi connectivity index (χ4n) is 6.22. The van der Waals surface area contributed by atoms with Gasteiger partial charge in [-0.15, -0.1) is 24.9 Å². The third-order valence-corrected chi connectivity index (χ3v) is 9.76. The number of hydrogen-bond acceptors (Lipinski definition) is 6. The SMILES string of the molecule is C=CCCOC(=O)[C@@H]1[C@H]2C(=O)N(CCCCCO)C(C(=O)N(CC=C)Cc3ccccc3)C23CC[C@H]1S3. The Kier molecular flexibility index (Phi) is 9.13. The first-order valence-electron chi connectivity index (χ1n) is 13.3. The number of likely N-dealkylation sites (tertiary alicyclic amines) is 1. The van der Waals surface area contributed by atoms with Crippen molar-refractivity contribution < 1.29 is 24.2 Å². The zero-order chi connectivity index (χ0) is 26.4. The number of amides is 2. The van der Waals surface area contributed by atoms with Gasteiger partial charge in [-0.2, -0.15) is 0 Å². The van der Waals surface area contributed by atoms with Crippen molar-refractivity contribution in [2.24, 2.45) is 11.8 Å². The Morgan fingerprint density at radius 2 is 1.97 bits per heavy atom. The zero-order valence-corrected chi connectivity index (χ0v) is 22.2. The minimum Gasteiger partial charge on any atom is -0.465 e. The molecule has 3 saturated heterocycles. The van der Waals surface area contributed by atoms with Gasteiger partial charge in [0, 0.05) is 31.5 Å². The number of nitrogens with zero attached hydrogens (tertiary/aromatic N) is 2. The monoisotopic (exact) mass is 526 g/mol. The molecule has 8 heteroatoms. The summed E-state index contributed by atoms with van der Waals surface area (Å²) in [4.78, 5) is 45.0. The molecule has 1 N–H and O–H groups in total. The molecule has 1 spiro atoms. The van der Waals surface area contributed by atoms with Gasteiger partial charge in [-0.1, -0.05) is 42.5 Å². The van der Waals surface area contributed by atoms with Gasteiger partial charge in [-0.25, -0.2) is 0 Å². The molecule has 0 aliphatic carbocycles. The molecule has 0 saturated carbocycles. The summed E-state index contributed by atoms with van der Waals surface area (Å²) in [7, 11) is 0. The number of benzene rings is 1. The number of hydrogen-bond donors (Lipinski definition) is 1. The van der Waals surface area contributed by atoms with E-state index in [0.717, 1.165) is 24.8 Å². The van der Waals surface area contributed by atoms with Gasteiger partial charge in [0.25, 0.3) is 0 Å². The smallest absolute Gasteiger partial charge is 0.310 e. The largest absolute Gasteiger partial charge is 0.465 e.